The molecule has 0 aliphatic heterocycles. The molecule has 0 fully saturated rings. The van der Waals surface area contributed by atoms with Crippen LogP contribution in [0.4, 0.5) is 13.2 Å². The van der Waals surface area contributed by atoms with Crippen molar-refractivity contribution in [2.24, 2.45) is 0 Å². The first-order valence-electron chi connectivity index (χ1n) is 4.56. The molecule has 0 atom stereocenters. The van der Waals surface area contributed by atoms with Crippen molar-refractivity contribution in [3.63, 3.8) is 0 Å². The quantitative estimate of drug-likeness (QED) is 0.818. The van der Waals surface area contributed by atoms with E-state index in [9.17, 15) is 18.0 Å². The molecule has 2 rings (SSSR count). The Labute approximate surface area is 93.5 Å². The second-order valence-electron chi connectivity index (χ2n) is 3.26. The number of H-pyrrole nitrogens is 1. The van der Waals surface area contributed by atoms with Crippen molar-refractivity contribution in [1.29, 1.82) is 0 Å². The van der Waals surface area contributed by atoms with E-state index in [4.69, 9.17) is 0 Å². The number of aromatic nitrogens is 3. The maximum atomic E-state index is 12.4. The fraction of sp³-hybridized carbons (Fsp3) is 0.100. The van der Waals surface area contributed by atoms with E-state index in [0.29, 0.717) is 0 Å². The number of halogens is 3. The summed E-state index contributed by atoms with van der Waals surface area (Å²) in [6.07, 6.45) is -3.32. The van der Waals surface area contributed by atoms with Crippen molar-refractivity contribution in [3.8, 4) is 0 Å². The fourth-order valence-corrected chi connectivity index (χ4v) is 1.30. The highest BCUT2D eigenvalue weighted by molar-refractivity contribution is 6.07. The van der Waals surface area contributed by atoms with Gasteiger partial charge in [-0.05, 0) is 12.1 Å². The van der Waals surface area contributed by atoms with Crippen LogP contribution in [-0.2, 0) is 6.18 Å². The van der Waals surface area contributed by atoms with Gasteiger partial charge in [-0.2, -0.15) is 28.6 Å². The van der Waals surface area contributed by atoms with Crippen LogP contribution in [-0.4, -0.2) is 21.2 Å². The Morgan fingerprint density at radius 1 is 1.29 bits per heavy atom. The molecule has 1 aromatic carbocycles. The zero-order valence-corrected chi connectivity index (χ0v) is 8.32. The molecule has 1 aromatic heterocycles. The number of hydrogen-bond donors (Lipinski definition) is 1. The van der Waals surface area contributed by atoms with Gasteiger partial charge in [-0.1, -0.05) is 12.1 Å². The van der Waals surface area contributed by atoms with Gasteiger partial charge >= 0.3 is 6.18 Å². The molecule has 88 valence electrons. The van der Waals surface area contributed by atoms with Gasteiger partial charge in [0.2, 0.25) is 5.78 Å². The zero-order chi connectivity index (χ0) is 12.5. The Balaban J connectivity index is 2.38. The minimum Gasteiger partial charge on any atom is -0.287 e. The second kappa shape index (κ2) is 4.00. The standard InChI is InChI=1S/C10H6F3N3O/c11-10(12,13)7-3-1-2-6(4-7)9(17)8-5-14-16-15-8/h1-5H,(H,14,15,16). The molecule has 0 amide bonds. The maximum Gasteiger partial charge on any atom is 0.416 e. The minimum absolute atomic E-state index is 0.0238. The molecule has 2 aromatic rings. The van der Waals surface area contributed by atoms with Gasteiger partial charge in [0.25, 0.3) is 0 Å². The summed E-state index contributed by atoms with van der Waals surface area (Å²) in [6, 6.07) is 4.17. The lowest BCUT2D eigenvalue weighted by atomic mass is 10.1. The van der Waals surface area contributed by atoms with Gasteiger partial charge in [0.05, 0.1) is 11.8 Å². The Bertz CT molecular complexity index is 534. The number of carbonyl (C=O) groups excluding carboxylic acids is 1. The molecular formula is C10H6F3N3O. The van der Waals surface area contributed by atoms with E-state index < -0.39 is 17.5 Å². The first kappa shape index (κ1) is 11.3. The number of nitrogens with one attached hydrogen (secondary N) is 1. The first-order valence-corrected chi connectivity index (χ1v) is 4.56. The molecule has 1 heterocycles. The molecule has 0 saturated carbocycles. The number of rotatable bonds is 2. The zero-order valence-electron chi connectivity index (χ0n) is 8.32. The lowest BCUT2D eigenvalue weighted by molar-refractivity contribution is -0.137. The number of hydrogen-bond acceptors (Lipinski definition) is 3. The number of ketones is 1. The van der Waals surface area contributed by atoms with Crippen LogP contribution < -0.4 is 0 Å². The molecule has 0 bridgehead atoms. The van der Waals surface area contributed by atoms with Crippen LogP contribution in [0.25, 0.3) is 0 Å². The van der Waals surface area contributed by atoms with Crippen LogP contribution in [0.3, 0.4) is 0 Å². The lowest BCUT2D eigenvalue weighted by Gasteiger charge is -2.07. The smallest absolute Gasteiger partial charge is 0.287 e. The molecular weight excluding hydrogens is 235 g/mol. The highest BCUT2D eigenvalue weighted by atomic mass is 19.4. The van der Waals surface area contributed by atoms with Gasteiger partial charge in [-0.3, -0.25) is 4.79 Å². The van der Waals surface area contributed by atoms with Gasteiger partial charge in [-0.25, -0.2) is 0 Å². The van der Waals surface area contributed by atoms with E-state index in [-0.39, 0.29) is 11.3 Å². The highest BCUT2D eigenvalue weighted by Crippen LogP contribution is 2.29. The Kier molecular flexibility index (Phi) is 2.66. The number of benzene rings is 1. The van der Waals surface area contributed by atoms with Gasteiger partial charge < -0.3 is 0 Å². The topological polar surface area (TPSA) is 58.6 Å². The van der Waals surface area contributed by atoms with Crippen molar-refractivity contribution in [3.05, 3.63) is 47.3 Å². The van der Waals surface area contributed by atoms with Crippen LogP contribution in [0.5, 0.6) is 0 Å². The molecule has 1 N–H and O–H groups in total. The molecule has 0 radical (unpaired) electrons. The summed E-state index contributed by atoms with van der Waals surface area (Å²) < 4.78 is 37.3. The molecule has 0 aliphatic carbocycles. The van der Waals surface area contributed by atoms with Gasteiger partial charge in [-0.15, -0.1) is 0 Å². The number of carbonyl (C=O) groups is 1. The maximum absolute atomic E-state index is 12.4. The summed E-state index contributed by atoms with van der Waals surface area (Å²) in [7, 11) is 0. The molecule has 0 aliphatic rings. The second-order valence-corrected chi connectivity index (χ2v) is 3.26. The van der Waals surface area contributed by atoms with Crippen LogP contribution in [0.2, 0.25) is 0 Å². The third-order valence-corrected chi connectivity index (χ3v) is 2.10. The molecule has 4 nitrogen and oxygen atoms in total. The van der Waals surface area contributed by atoms with E-state index in [0.717, 1.165) is 18.3 Å². The summed E-state index contributed by atoms with van der Waals surface area (Å²) in [6.45, 7) is 0. The summed E-state index contributed by atoms with van der Waals surface area (Å²) >= 11 is 0. The van der Waals surface area contributed by atoms with Gasteiger partial charge in [0, 0.05) is 5.56 Å². The van der Waals surface area contributed by atoms with Crippen molar-refractivity contribution >= 4 is 5.78 Å². The first-order chi connectivity index (χ1) is 7.98. The minimum atomic E-state index is -4.47. The number of nitrogens with zero attached hydrogens (tertiary/aromatic N) is 2. The van der Waals surface area contributed by atoms with Crippen molar-refractivity contribution in [2.75, 3.05) is 0 Å². The van der Waals surface area contributed by atoms with E-state index >= 15 is 0 Å². The Hall–Kier alpha value is -2.18. The number of aromatic amines is 1. The van der Waals surface area contributed by atoms with Crippen molar-refractivity contribution in [2.45, 2.75) is 6.18 Å². The van der Waals surface area contributed by atoms with Crippen molar-refractivity contribution in [1.82, 2.24) is 15.4 Å². The molecule has 0 unspecified atom stereocenters. The van der Waals surface area contributed by atoms with Crippen LogP contribution in [0.1, 0.15) is 21.6 Å². The van der Waals surface area contributed by atoms with E-state index in [1.807, 2.05) is 0 Å². The SMILES string of the molecule is O=C(c1cccc(C(F)(F)F)c1)c1cn[nH]n1. The summed E-state index contributed by atoms with van der Waals surface area (Å²) in [4.78, 5) is 11.7. The monoisotopic (exact) mass is 241 g/mol. The van der Waals surface area contributed by atoms with E-state index in [1.54, 1.807) is 0 Å². The average molecular weight is 241 g/mol. The summed E-state index contributed by atoms with van der Waals surface area (Å²) in [5, 5.41) is 9.16. The van der Waals surface area contributed by atoms with Gasteiger partial charge in [0.15, 0.2) is 5.69 Å². The Morgan fingerprint density at radius 2 is 2.06 bits per heavy atom. The van der Waals surface area contributed by atoms with E-state index in [2.05, 4.69) is 15.4 Å². The summed E-state index contributed by atoms with van der Waals surface area (Å²) in [5.41, 5.74) is -0.968. The van der Waals surface area contributed by atoms with Crippen molar-refractivity contribution < 1.29 is 18.0 Å². The fourth-order valence-electron chi connectivity index (χ4n) is 1.30. The third-order valence-electron chi connectivity index (χ3n) is 2.10. The van der Waals surface area contributed by atoms with Crippen LogP contribution in [0, 0.1) is 0 Å². The van der Waals surface area contributed by atoms with Crippen LogP contribution in [0.15, 0.2) is 30.5 Å². The normalized spacial score (nSPS) is 11.5. The molecule has 0 saturated heterocycles. The highest BCUT2D eigenvalue weighted by Gasteiger charge is 2.31. The van der Waals surface area contributed by atoms with Gasteiger partial charge in [0.1, 0.15) is 0 Å². The summed E-state index contributed by atoms with van der Waals surface area (Å²) in [5.74, 6) is -0.607. The van der Waals surface area contributed by atoms with E-state index in [1.165, 1.54) is 12.1 Å². The average Bonchev–Trinajstić information content (AvgIpc) is 2.80. The molecule has 0 spiro atoms. The number of alkyl halides is 3. The molecule has 17 heavy (non-hydrogen) atoms. The lowest BCUT2D eigenvalue weighted by Crippen LogP contribution is -2.08. The molecule has 7 heteroatoms. The van der Waals surface area contributed by atoms with Crippen LogP contribution >= 0.6 is 0 Å². The predicted molar refractivity (Wildman–Crippen MR) is 51.3 cm³/mol. The predicted octanol–water partition coefficient (Wildman–Crippen LogP) is 2.05. The third kappa shape index (κ3) is 2.32. The Morgan fingerprint density at radius 3 is 2.65 bits per heavy atom. The largest absolute Gasteiger partial charge is 0.416 e.